The first-order valence-corrected chi connectivity index (χ1v) is 15.6. The number of thioether (sulfide) groups is 1. The molecule has 0 bridgehead atoms. The van der Waals surface area contributed by atoms with Crippen LogP contribution in [0, 0.1) is 22.7 Å². The van der Waals surface area contributed by atoms with E-state index in [1.165, 1.54) is 6.92 Å². The SMILES string of the molecule is CSc1ccc([C@H]2CC3(C)C(CC[C@@]3(O)C(F)(F)C(F)(F)F)C3CC[C@@]4(O)COCC(C)(C)COCCC4=C32)cc1. The number of allylic oxidation sites excluding steroid dienone is 1. The highest BCUT2D eigenvalue weighted by atomic mass is 32.2. The molecule has 0 spiro atoms. The molecule has 4 nitrogen and oxygen atoms in total. The van der Waals surface area contributed by atoms with Gasteiger partial charge >= 0.3 is 12.1 Å². The Labute approximate surface area is 243 Å². The van der Waals surface area contributed by atoms with Gasteiger partial charge in [-0.25, -0.2) is 0 Å². The van der Waals surface area contributed by atoms with Crippen LogP contribution < -0.4 is 0 Å². The Morgan fingerprint density at radius 1 is 0.902 bits per heavy atom. The third-order valence-electron chi connectivity index (χ3n) is 10.5. The van der Waals surface area contributed by atoms with Gasteiger partial charge in [-0.05, 0) is 79.9 Å². The van der Waals surface area contributed by atoms with Gasteiger partial charge in [0.2, 0.25) is 0 Å². The van der Waals surface area contributed by atoms with E-state index in [1.807, 2.05) is 44.4 Å². The predicted octanol–water partition coefficient (Wildman–Crippen LogP) is 7.14. The quantitative estimate of drug-likeness (QED) is 0.218. The lowest BCUT2D eigenvalue weighted by molar-refractivity contribution is -0.362. The summed E-state index contributed by atoms with van der Waals surface area (Å²) in [6.07, 6.45) is -3.48. The zero-order chi connectivity index (χ0) is 30.1. The van der Waals surface area contributed by atoms with Crippen LogP contribution in [0.2, 0.25) is 0 Å². The van der Waals surface area contributed by atoms with Crippen molar-refractivity contribution in [1.82, 2.24) is 0 Å². The van der Waals surface area contributed by atoms with Crippen LogP contribution in [0.15, 0.2) is 40.3 Å². The molecule has 1 aromatic carbocycles. The highest BCUT2D eigenvalue weighted by molar-refractivity contribution is 7.98. The molecule has 3 aliphatic carbocycles. The normalized spacial score (nSPS) is 38.2. The van der Waals surface area contributed by atoms with Crippen molar-refractivity contribution in [1.29, 1.82) is 0 Å². The van der Waals surface area contributed by atoms with Gasteiger partial charge in [0.25, 0.3) is 0 Å². The average molecular weight is 605 g/mol. The highest BCUT2D eigenvalue weighted by Gasteiger charge is 2.79. The number of hydrogen-bond donors (Lipinski definition) is 2. The van der Waals surface area contributed by atoms with E-state index in [2.05, 4.69) is 0 Å². The molecule has 10 heteroatoms. The minimum absolute atomic E-state index is 0.0534. The fourth-order valence-corrected chi connectivity index (χ4v) is 8.74. The van der Waals surface area contributed by atoms with Crippen LogP contribution in [0.5, 0.6) is 0 Å². The smallest absolute Gasteiger partial charge is 0.383 e. The second-order valence-corrected chi connectivity index (χ2v) is 14.5. The first kappa shape index (κ1) is 31.2. The van der Waals surface area contributed by atoms with Gasteiger partial charge < -0.3 is 19.7 Å². The molecular weight excluding hydrogens is 563 g/mol. The van der Waals surface area contributed by atoms with E-state index in [0.29, 0.717) is 39.1 Å². The lowest BCUT2D eigenvalue weighted by Gasteiger charge is -2.57. The van der Waals surface area contributed by atoms with Crippen molar-refractivity contribution in [3.8, 4) is 0 Å². The van der Waals surface area contributed by atoms with E-state index >= 15 is 8.78 Å². The van der Waals surface area contributed by atoms with Crippen molar-refractivity contribution in [3.63, 3.8) is 0 Å². The van der Waals surface area contributed by atoms with Gasteiger partial charge in [-0.1, -0.05) is 38.5 Å². The lowest BCUT2D eigenvalue weighted by atomic mass is 9.50. The van der Waals surface area contributed by atoms with Gasteiger partial charge in [-0.2, -0.15) is 22.0 Å². The molecular formula is C31H41F5O4S. The Bertz CT molecular complexity index is 1170. The van der Waals surface area contributed by atoms with Crippen LogP contribution in [-0.4, -0.2) is 66.2 Å². The first-order chi connectivity index (χ1) is 19.0. The summed E-state index contributed by atoms with van der Waals surface area (Å²) in [7, 11) is 0. The highest BCUT2D eigenvalue weighted by Crippen LogP contribution is 2.70. The maximum atomic E-state index is 15.2. The van der Waals surface area contributed by atoms with Crippen LogP contribution in [0.4, 0.5) is 22.0 Å². The van der Waals surface area contributed by atoms with Gasteiger partial charge in [0.15, 0.2) is 0 Å². The molecule has 1 saturated heterocycles. The standard InChI is InChI=1S/C31H41F5O4S/c1-26(2)16-39-14-11-24-25-21(9-12-28(24,37)18-40-17-26)23-10-13-29(38,30(32,33)31(34,35)36)27(23,3)15-22(25)19-5-7-20(41-4)8-6-19/h5-8,21-23,37-38H,9-18H2,1-4H3/t21?,22-,23?,27?,28-,29+/m1/s1. The third kappa shape index (κ3) is 4.97. The number of aliphatic hydroxyl groups is 2. The van der Waals surface area contributed by atoms with Crippen LogP contribution in [0.3, 0.4) is 0 Å². The largest absolute Gasteiger partial charge is 0.456 e. The number of rotatable bonds is 3. The van der Waals surface area contributed by atoms with Crippen LogP contribution >= 0.6 is 11.8 Å². The van der Waals surface area contributed by atoms with Gasteiger partial charge in [0.05, 0.1) is 26.4 Å². The van der Waals surface area contributed by atoms with E-state index in [9.17, 15) is 23.4 Å². The topological polar surface area (TPSA) is 58.9 Å². The van der Waals surface area contributed by atoms with Crippen molar-refractivity contribution in [2.75, 3.05) is 32.7 Å². The summed E-state index contributed by atoms with van der Waals surface area (Å²) in [6.45, 7) is 6.79. The van der Waals surface area contributed by atoms with Crippen molar-refractivity contribution in [2.45, 2.75) is 93.4 Å². The predicted molar refractivity (Wildman–Crippen MR) is 147 cm³/mol. The van der Waals surface area contributed by atoms with Crippen molar-refractivity contribution >= 4 is 11.8 Å². The third-order valence-corrected chi connectivity index (χ3v) is 11.2. The fourth-order valence-electron chi connectivity index (χ4n) is 8.34. The summed E-state index contributed by atoms with van der Waals surface area (Å²) in [4.78, 5) is 0.993. The molecule has 3 unspecified atom stereocenters. The summed E-state index contributed by atoms with van der Waals surface area (Å²) in [6, 6.07) is 7.61. The molecule has 1 heterocycles. The Morgan fingerprint density at radius 3 is 2.20 bits per heavy atom. The number of fused-ring (bicyclic) bond motifs is 4. The number of ether oxygens (including phenoxy) is 2. The second kappa shape index (κ2) is 10.5. The van der Waals surface area contributed by atoms with Crippen molar-refractivity contribution < 1.29 is 41.6 Å². The molecule has 0 radical (unpaired) electrons. The van der Waals surface area contributed by atoms with E-state index < -0.39 is 47.0 Å². The minimum atomic E-state index is -5.88. The monoisotopic (exact) mass is 604 g/mol. The van der Waals surface area contributed by atoms with Gasteiger partial charge in [0, 0.05) is 21.6 Å². The first-order valence-electron chi connectivity index (χ1n) is 14.4. The molecule has 4 aliphatic rings. The number of benzene rings is 1. The van der Waals surface area contributed by atoms with Gasteiger partial charge in [-0.15, -0.1) is 11.8 Å². The number of hydrogen-bond acceptors (Lipinski definition) is 5. The van der Waals surface area contributed by atoms with E-state index in [1.54, 1.807) is 11.8 Å². The Hall–Kier alpha value is -1.20. The zero-order valence-electron chi connectivity index (χ0n) is 24.1. The number of halogens is 5. The van der Waals surface area contributed by atoms with Gasteiger partial charge in [-0.3, -0.25) is 0 Å². The molecule has 41 heavy (non-hydrogen) atoms. The summed E-state index contributed by atoms with van der Waals surface area (Å²) in [5, 5.41) is 23.5. The molecule has 2 saturated carbocycles. The van der Waals surface area contributed by atoms with Crippen molar-refractivity contribution in [3.05, 3.63) is 41.0 Å². The summed E-state index contributed by atoms with van der Waals surface area (Å²) >= 11 is 1.54. The summed E-state index contributed by atoms with van der Waals surface area (Å²) < 4.78 is 83.8. The molecule has 6 atom stereocenters. The fraction of sp³-hybridized carbons (Fsp3) is 0.742. The molecule has 230 valence electrons. The molecule has 0 amide bonds. The average Bonchev–Trinajstić information content (AvgIpc) is 3.17. The van der Waals surface area contributed by atoms with E-state index in [4.69, 9.17) is 9.47 Å². The zero-order valence-corrected chi connectivity index (χ0v) is 24.9. The second-order valence-electron chi connectivity index (χ2n) is 13.6. The minimum Gasteiger partial charge on any atom is -0.383 e. The Balaban J connectivity index is 1.66. The van der Waals surface area contributed by atoms with Crippen LogP contribution in [0.25, 0.3) is 0 Å². The molecule has 0 aromatic heterocycles. The summed E-state index contributed by atoms with van der Waals surface area (Å²) in [5.41, 5.74) is -4.02. The van der Waals surface area contributed by atoms with E-state index in [0.717, 1.165) is 21.6 Å². The van der Waals surface area contributed by atoms with E-state index in [-0.39, 0.29) is 30.8 Å². The van der Waals surface area contributed by atoms with Crippen LogP contribution in [-0.2, 0) is 9.47 Å². The Kier molecular flexibility index (Phi) is 7.97. The Morgan fingerprint density at radius 2 is 1.56 bits per heavy atom. The molecule has 3 fully saturated rings. The molecule has 1 aliphatic heterocycles. The number of alkyl halides is 5. The summed E-state index contributed by atoms with van der Waals surface area (Å²) in [5.74, 6) is -6.76. The lowest BCUT2D eigenvalue weighted by Crippen LogP contribution is -2.65. The van der Waals surface area contributed by atoms with Crippen LogP contribution in [0.1, 0.15) is 70.8 Å². The maximum absolute atomic E-state index is 15.2. The molecule has 1 aromatic rings. The maximum Gasteiger partial charge on any atom is 0.456 e. The molecule has 2 N–H and O–H groups in total. The van der Waals surface area contributed by atoms with Crippen molar-refractivity contribution in [2.24, 2.45) is 22.7 Å². The van der Waals surface area contributed by atoms with Gasteiger partial charge in [0.1, 0.15) is 11.2 Å². The molecule has 5 rings (SSSR count).